The number of rotatable bonds is 1. The van der Waals surface area contributed by atoms with Crippen molar-refractivity contribution in [2.24, 2.45) is 11.3 Å². The number of hydrogen-bond donors (Lipinski definition) is 1. The first-order chi connectivity index (χ1) is 5.20. The van der Waals surface area contributed by atoms with Gasteiger partial charge in [0.2, 0.25) is 0 Å². The average Bonchev–Trinajstić information content (AvgIpc) is 2.68. The number of hydrogen-bond acceptors (Lipinski definition) is 3. The van der Waals surface area contributed by atoms with Gasteiger partial charge in [-0.2, -0.15) is 0 Å². The maximum atomic E-state index is 11.2. The Morgan fingerprint density at radius 2 is 2.45 bits per heavy atom. The quantitative estimate of drug-likeness (QED) is 0.556. The third-order valence-electron chi connectivity index (χ3n) is 3.08. The van der Waals surface area contributed by atoms with E-state index in [-0.39, 0.29) is 23.4 Å². The highest BCUT2D eigenvalue weighted by atomic mass is 16.5. The van der Waals surface area contributed by atoms with E-state index < -0.39 is 0 Å². The Labute approximate surface area is 65.4 Å². The van der Waals surface area contributed by atoms with Crippen molar-refractivity contribution >= 4 is 5.97 Å². The molecule has 0 amide bonds. The maximum absolute atomic E-state index is 11.2. The summed E-state index contributed by atoms with van der Waals surface area (Å²) in [7, 11) is 1.41. The van der Waals surface area contributed by atoms with Crippen LogP contribution in [0, 0.1) is 11.3 Å². The van der Waals surface area contributed by atoms with Crippen LogP contribution in [-0.4, -0.2) is 24.3 Å². The smallest absolute Gasteiger partial charge is 0.312 e. The minimum absolute atomic E-state index is 0.126. The number of esters is 1. The van der Waals surface area contributed by atoms with Crippen LogP contribution in [-0.2, 0) is 9.53 Å². The molecule has 0 aromatic rings. The van der Waals surface area contributed by atoms with E-state index in [2.05, 4.69) is 4.74 Å². The highest BCUT2D eigenvalue weighted by molar-refractivity contribution is 5.81. The molecular weight excluding hydrogens is 144 g/mol. The SMILES string of the molecule is COC(=O)[C@]12CC[C@@H](O)[C@H]1C2. The molecule has 2 rings (SSSR count). The summed E-state index contributed by atoms with van der Waals surface area (Å²) in [6, 6.07) is 0. The first-order valence-corrected chi connectivity index (χ1v) is 3.97. The predicted molar refractivity (Wildman–Crippen MR) is 37.8 cm³/mol. The second kappa shape index (κ2) is 1.97. The summed E-state index contributed by atoms with van der Waals surface area (Å²) < 4.78 is 4.68. The molecule has 2 aliphatic rings. The number of carbonyl (C=O) groups is 1. The normalized spacial score (nSPS) is 46.7. The molecule has 0 aliphatic heterocycles. The van der Waals surface area contributed by atoms with Gasteiger partial charge < -0.3 is 9.84 Å². The average molecular weight is 156 g/mol. The standard InChI is InChI=1S/C8H12O3/c1-11-7(10)8-3-2-6(9)5(8)4-8/h5-6,9H,2-4H2,1H3/t5-,6-,8+/m1/s1. The molecule has 0 bridgehead atoms. The number of aliphatic hydroxyl groups excluding tert-OH is 1. The molecule has 2 saturated carbocycles. The topological polar surface area (TPSA) is 46.5 Å². The van der Waals surface area contributed by atoms with Gasteiger partial charge in [-0.05, 0) is 19.3 Å². The number of aliphatic hydroxyl groups is 1. The molecule has 11 heavy (non-hydrogen) atoms. The van der Waals surface area contributed by atoms with E-state index in [4.69, 9.17) is 0 Å². The molecule has 62 valence electrons. The lowest BCUT2D eigenvalue weighted by molar-refractivity contribution is -0.147. The van der Waals surface area contributed by atoms with Gasteiger partial charge >= 0.3 is 5.97 Å². The van der Waals surface area contributed by atoms with Gasteiger partial charge in [0.05, 0.1) is 18.6 Å². The van der Waals surface area contributed by atoms with Crippen molar-refractivity contribution in [3.63, 3.8) is 0 Å². The molecule has 3 atom stereocenters. The van der Waals surface area contributed by atoms with Crippen molar-refractivity contribution in [1.82, 2.24) is 0 Å². The first kappa shape index (κ1) is 7.10. The minimum Gasteiger partial charge on any atom is -0.469 e. The van der Waals surface area contributed by atoms with Gasteiger partial charge in [-0.3, -0.25) is 4.79 Å². The monoisotopic (exact) mass is 156 g/mol. The number of fused-ring (bicyclic) bond motifs is 1. The van der Waals surface area contributed by atoms with Gasteiger partial charge in [-0.25, -0.2) is 0 Å². The zero-order chi connectivity index (χ0) is 8.06. The summed E-state index contributed by atoms with van der Waals surface area (Å²) in [5, 5.41) is 9.34. The third-order valence-corrected chi connectivity index (χ3v) is 3.08. The van der Waals surface area contributed by atoms with E-state index in [1.165, 1.54) is 7.11 Å². The molecule has 1 N–H and O–H groups in total. The zero-order valence-corrected chi connectivity index (χ0v) is 6.54. The molecule has 3 heteroatoms. The van der Waals surface area contributed by atoms with Crippen LogP contribution in [0.4, 0.5) is 0 Å². The van der Waals surface area contributed by atoms with Crippen molar-refractivity contribution in [2.45, 2.75) is 25.4 Å². The van der Waals surface area contributed by atoms with Crippen molar-refractivity contribution in [3.8, 4) is 0 Å². The maximum Gasteiger partial charge on any atom is 0.312 e. The Balaban J connectivity index is 2.11. The van der Waals surface area contributed by atoms with Gasteiger partial charge in [-0.1, -0.05) is 0 Å². The Morgan fingerprint density at radius 3 is 2.82 bits per heavy atom. The predicted octanol–water partition coefficient (Wildman–Crippen LogP) is 0.320. The summed E-state index contributed by atoms with van der Waals surface area (Å²) in [6.45, 7) is 0. The molecule has 0 aromatic carbocycles. The lowest BCUT2D eigenvalue weighted by Crippen LogP contribution is -2.17. The zero-order valence-electron chi connectivity index (χ0n) is 6.54. The van der Waals surface area contributed by atoms with Crippen LogP contribution in [0.1, 0.15) is 19.3 Å². The molecule has 2 fully saturated rings. The Bertz CT molecular complexity index is 202. The molecule has 0 aromatic heterocycles. The summed E-state index contributed by atoms with van der Waals surface area (Å²) >= 11 is 0. The number of methoxy groups -OCH3 is 1. The van der Waals surface area contributed by atoms with E-state index in [9.17, 15) is 9.90 Å². The summed E-state index contributed by atoms with van der Waals surface area (Å²) in [5.41, 5.74) is -0.270. The second-order valence-corrected chi connectivity index (χ2v) is 3.56. The molecule has 0 saturated heterocycles. The van der Waals surface area contributed by atoms with Gasteiger partial charge in [0.1, 0.15) is 0 Å². The summed E-state index contributed by atoms with van der Waals surface area (Å²) in [5.74, 6) is 0.0778. The third kappa shape index (κ3) is 0.745. The van der Waals surface area contributed by atoms with Crippen LogP contribution in [0.25, 0.3) is 0 Å². The minimum atomic E-state index is -0.270. The summed E-state index contributed by atoms with van der Waals surface area (Å²) in [4.78, 5) is 11.2. The molecule has 2 aliphatic carbocycles. The van der Waals surface area contributed by atoms with Crippen molar-refractivity contribution in [2.75, 3.05) is 7.11 Å². The lowest BCUT2D eigenvalue weighted by Gasteiger charge is -2.06. The van der Waals surface area contributed by atoms with Gasteiger partial charge in [0.15, 0.2) is 0 Å². The van der Waals surface area contributed by atoms with E-state index in [0.29, 0.717) is 0 Å². The van der Waals surface area contributed by atoms with Crippen molar-refractivity contribution in [1.29, 1.82) is 0 Å². The van der Waals surface area contributed by atoms with Crippen LogP contribution in [0.5, 0.6) is 0 Å². The molecular formula is C8H12O3. The molecule has 0 spiro atoms. The van der Waals surface area contributed by atoms with Crippen molar-refractivity contribution < 1.29 is 14.6 Å². The Morgan fingerprint density at radius 1 is 1.73 bits per heavy atom. The highest BCUT2D eigenvalue weighted by Crippen LogP contribution is 2.63. The molecule has 0 unspecified atom stereocenters. The second-order valence-electron chi connectivity index (χ2n) is 3.56. The Hall–Kier alpha value is -0.570. The van der Waals surface area contributed by atoms with Crippen molar-refractivity contribution in [3.05, 3.63) is 0 Å². The fraction of sp³-hybridized carbons (Fsp3) is 0.875. The van der Waals surface area contributed by atoms with Gasteiger partial charge in [-0.15, -0.1) is 0 Å². The van der Waals surface area contributed by atoms with E-state index >= 15 is 0 Å². The summed E-state index contributed by atoms with van der Waals surface area (Å²) in [6.07, 6.45) is 2.15. The Kier molecular flexibility index (Phi) is 1.27. The van der Waals surface area contributed by atoms with Crippen LogP contribution < -0.4 is 0 Å². The number of ether oxygens (including phenoxy) is 1. The largest absolute Gasteiger partial charge is 0.469 e. The first-order valence-electron chi connectivity index (χ1n) is 3.97. The van der Waals surface area contributed by atoms with Crippen LogP contribution in [0.3, 0.4) is 0 Å². The van der Waals surface area contributed by atoms with E-state index in [0.717, 1.165) is 19.3 Å². The molecule has 0 heterocycles. The fourth-order valence-electron chi connectivity index (χ4n) is 2.27. The lowest BCUT2D eigenvalue weighted by atomic mass is 10.1. The van der Waals surface area contributed by atoms with E-state index in [1.807, 2.05) is 0 Å². The fourth-order valence-corrected chi connectivity index (χ4v) is 2.27. The van der Waals surface area contributed by atoms with Crippen LogP contribution in [0.15, 0.2) is 0 Å². The van der Waals surface area contributed by atoms with E-state index in [1.54, 1.807) is 0 Å². The van der Waals surface area contributed by atoms with Crippen LogP contribution in [0.2, 0.25) is 0 Å². The molecule has 3 nitrogen and oxygen atoms in total. The molecule has 0 radical (unpaired) electrons. The van der Waals surface area contributed by atoms with Crippen LogP contribution >= 0.6 is 0 Å². The highest BCUT2D eigenvalue weighted by Gasteiger charge is 2.67. The van der Waals surface area contributed by atoms with Gasteiger partial charge in [0.25, 0.3) is 0 Å². The van der Waals surface area contributed by atoms with Gasteiger partial charge in [0, 0.05) is 5.92 Å². The number of carbonyl (C=O) groups excluding carboxylic acids is 1.